The molecule has 2 aromatic rings. The van der Waals surface area contributed by atoms with Crippen LogP contribution < -0.4 is 0 Å². The number of rotatable bonds is 3. The van der Waals surface area contributed by atoms with Gasteiger partial charge in [0.15, 0.2) is 10.6 Å². The molecule has 0 radical (unpaired) electrons. The minimum absolute atomic E-state index is 0.275. The Morgan fingerprint density at radius 1 is 1.47 bits per heavy atom. The van der Waals surface area contributed by atoms with Crippen LogP contribution in [0, 0.1) is 11.7 Å². The number of hydrogen-bond acceptors (Lipinski definition) is 3. The summed E-state index contributed by atoms with van der Waals surface area (Å²) in [6.07, 6.45) is 0. The molecule has 0 aliphatic carbocycles. The van der Waals surface area contributed by atoms with Crippen molar-refractivity contribution >= 4 is 12.2 Å². The van der Waals surface area contributed by atoms with Crippen LogP contribution in [0.2, 0.25) is 0 Å². The Labute approximate surface area is 105 Å². The molecule has 0 aromatic carbocycles. The predicted octanol–water partition coefficient (Wildman–Crippen LogP) is 2.71. The molecular weight excluding hydrogens is 234 g/mol. The molecule has 17 heavy (non-hydrogen) atoms. The lowest BCUT2D eigenvalue weighted by Crippen LogP contribution is -2.07. The molecule has 6 heteroatoms. The Hall–Kier alpha value is -1.43. The third-order valence-electron chi connectivity index (χ3n) is 2.65. The summed E-state index contributed by atoms with van der Waals surface area (Å²) >= 11 is 5.25. The van der Waals surface area contributed by atoms with Gasteiger partial charge in [-0.05, 0) is 46.0 Å². The lowest BCUT2D eigenvalue weighted by atomic mass is 10.3. The molecule has 92 valence electrons. The Morgan fingerprint density at radius 2 is 2.18 bits per heavy atom. The maximum Gasteiger partial charge on any atom is 0.195 e. The normalized spacial score (nSPS) is 11.4. The summed E-state index contributed by atoms with van der Waals surface area (Å²) in [4.78, 5) is 0. The predicted molar refractivity (Wildman–Crippen MR) is 69.4 cm³/mol. The summed E-state index contributed by atoms with van der Waals surface area (Å²) in [6.45, 7) is 9.05. The van der Waals surface area contributed by atoms with Crippen molar-refractivity contribution in [1.29, 1.82) is 0 Å². The molecule has 2 heterocycles. The highest BCUT2D eigenvalue weighted by Gasteiger charge is 2.15. The zero-order valence-electron chi connectivity index (χ0n) is 10.6. The number of H-pyrrole nitrogens is 1. The lowest BCUT2D eigenvalue weighted by Gasteiger charge is -2.10. The van der Waals surface area contributed by atoms with Crippen LogP contribution in [0.1, 0.15) is 32.5 Å². The molecule has 0 aliphatic heterocycles. The Balaban J connectivity index is 2.64. The number of aromatic nitrogens is 5. The van der Waals surface area contributed by atoms with Gasteiger partial charge in [0.2, 0.25) is 0 Å². The van der Waals surface area contributed by atoms with Gasteiger partial charge in [0, 0.05) is 12.6 Å². The van der Waals surface area contributed by atoms with Crippen LogP contribution in [0.5, 0.6) is 0 Å². The molecule has 2 rings (SSSR count). The van der Waals surface area contributed by atoms with Crippen LogP contribution in [-0.4, -0.2) is 24.5 Å². The first-order valence-corrected chi connectivity index (χ1v) is 6.17. The Bertz CT molecular complexity index is 575. The number of hydrogen-bond donors (Lipinski definition) is 1. The van der Waals surface area contributed by atoms with Crippen molar-refractivity contribution in [3.8, 4) is 11.5 Å². The second kappa shape index (κ2) is 4.44. The van der Waals surface area contributed by atoms with Crippen molar-refractivity contribution in [3.63, 3.8) is 0 Å². The third kappa shape index (κ3) is 2.04. The van der Waals surface area contributed by atoms with Gasteiger partial charge in [0.1, 0.15) is 5.69 Å². The first kappa shape index (κ1) is 12.0. The van der Waals surface area contributed by atoms with Crippen molar-refractivity contribution in [2.24, 2.45) is 0 Å². The monoisotopic (exact) mass is 251 g/mol. The molecule has 0 saturated heterocycles. The second-order valence-corrected chi connectivity index (χ2v) is 4.69. The first-order chi connectivity index (χ1) is 8.04. The lowest BCUT2D eigenvalue weighted by molar-refractivity contribution is 0.587. The van der Waals surface area contributed by atoms with E-state index in [4.69, 9.17) is 12.2 Å². The quantitative estimate of drug-likeness (QED) is 0.853. The molecule has 0 bridgehead atoms. The van der Waals surface area contributed by atoms with Gasteiger partial charge < -0.3 is 0 Å². The van der Waals surface area contributed by atoms with E-state index in [1.165, 1.54) is 0 Å². The van der Waals surface area contributed by atoms with E-state index in [9.17, 15) is 0 Å². The van der Waals surface area contributed by atoms with Gasteiger partial charge >= 0.3 is 0 Å². The highest BCUT2D eigenvalue weighted by molar-refractivity contribution is 7.71. The maximum atomic E-state index is 5.25. The highest BCUT2D eigenvalue weighted by Crippen LogP contribution is 2.21. The standard InChI is InChI=1S/C11H17N5S/c1-5-15-9(6-8(4)14-15)10-12-13-11(17)16(10)7(2)3/h6-7H,5H2,1-4H3,(H,13,17). The van der Waals surface area contributed by atoms with Gasteiger partial charge in [0.25, 0.3) is 0 Å². The van der Waals surface area contributed by atoms with Gasteiger partial charge in [-0.2, -0.15) is 10.2 Å². The summed E-state index contributed by atoms with van der Waals surface area (Å²) in [6, 6.07) is 2.31. The van der Waals surface area contributed by atoms with E-state index in [-0.39, 0.29) is 6.04 Å². The molecule has 2 aromatic heterocycles. The van der Waals surface area contributed by atoms with Gasteiger partial charge in [0.05, 0.1) is 5.69 Å². The maximum absolute atomic E-state index is 5.25. The van der Waals surface area contributed by atoms with Crippen LogP contribution in [-0.2, 0) is 6.54 Å². The fourth-order valence-electron chi connectivity index (χ4n) is 1.93. The van der Waals surface area contributed by atoms with E-state index in [1.807, 2.05) is 22.2 Å². The second-order valence-electron chi connectivity index (χ2n) is 4.30. The highest BCUT2D eigenvalue weighted by atomic mass is 32.1. The van der Waals surface area contributed by atoms with Gasteiger partial charge in [-0.1, -0.05) is 0 Å². The Kier molecular flexibility index (Phi) is 3.15. The molecule has 0 spiro atoms. The van der Waals surface area contributed by atoms with Gasteiger partial charge in [-0.25, -0.2) is 0 Å². The van der Waals surface area contributed by atoms with E-state index < -0.39 is 0 Å². The average molecular weight is 251 g/mol. The van der Waals surface area contributed by atoms with Gasteiger partial charge in [-0.3, -0.25) is 14.3 Å². The minimum Gasteiger partial charge on any atom is -0.296 e. The average Bonchev–Trinajstić information content (AvgIpc) is 2.80. The Morgan fingerprint density at radius 3 is 2.76 bits per heavy atom. The van der Waals surface area contributed by atoms with Crippen LogP contribution in [0.15, 0.2) is 6.07 Å². The molecular formula is C11H17N5S. The van der Waals surface area contributed by atoms with Crippen molar-refractivity contribution in [2.45, 2.75) is 40.3 Å². The third-order valence-corrected chi connectivity index (χ3v) is 2.94. The zero-order valence-corrected chi connectivity index (χ0v) is 11.4. The van der Waals surface area contributed by atoms with E-state index in [0.717, 1.165) is 23.8 Å². The summed E-state index contributed by atoms with van der Waals surface area (Å²) < 4.78 is 4.61. The molecule has 0 aliphatic rings. The van der Waals surface area contributed by atoms with Crippen molar-refractivity contribution in [1.82, 2.24) is 24.5 Å². The fourth-order valence-corrected chi connectivity index (χ4v) is 2.27. The fraction of sp³-hybridized carbons (Fsp3) is 0.545. The summed E-state index contributed by atoms with van der Waals surface area (Å²) in [7, 11) is 0. The number of nitrogens with one attached hydrogen (secondary N) is 1. The number of aromatic amines is 1. The van der Waals surface area contributed by atoms with E-state index in [0.29, 0.717) is 4.77 Å². The summed E-state index contributed by atoms with van der Waals surface area (Å²) in [5.41, 5.74) is 2.00. The van der Waals surface area contributed by atoms with Crippen molar-refractivity contribution < 1.29 is 0 Å². The van der Waals surface area contributed by atoms with Crippen LogP contribution in [0.25, 0.3) is 11.5 Å². The van der Waals surface area contributed by atoms with Crippen molar-refractivity contribution in [2.75, 3.05) is 0 Å². The minimum atomic E-state index is 0.275. The number of aryl methyl sites for hydroxylation is 2. The van der Waals surface area contributed by atoms with Crippen LogP contribution in [0.3, 0.4) is 0 Å². The van der Waals surface area contributed by atoms with Crippen LogP contribution >= 0.6 is 12.2 Å². The SMILES string of the molecule is CCn1nc(C)cc1-c1n[nH]c(=S)n1C(C)C. The molecule has 0 unspecified atom stereocenters. The first-order valence-electron chi connectivity index (χ1n) is 5.76. The molecule has 0 atom stereocenters. The molecule has 5 nitrogen and oxygen atoms in total. The zero-order chi connectivity index (χ0) is 12.6. The molecule has 0 fully saturated rings. The van der Waals surface area contributed by atoms with E-state index in [1.54, 1.807) is 0 Å². The van der Waals surface area contributed by atoms with Crippen LogP contribution in [0.4, 0.5) is 0 Å². The molecule has 0 saturated carbocycles. The topological polar surface area (TPSA) is 51.4 Å². The largest absolute Gasteiger partial charge is 0.296 e. The number of nitrogens with zero attached hydrogens (tertiary/aromatic N) is 4. The van der Waals surface area contributed by atoms with E-state index in [2.05, 4.69) is 36.1 Å². The summed E-state index contributed by atoms with van der Waals surface area (Å²) in [5, 5.41) is 11.6. The molecule has 0 amide bonds. The van der Waals surface area contributed by atoms with E-state index >= 15 is 0 Å². The van der Waals surface area contributed by atoms with Gasteiger partial charge in [-0.15, -0.1) is 0 Å². The smallest absolute Gasteiger partial charge is 0.195 e. The van der Waals surface area contributed by atoms with Crippen molar-refractivity contribution in [3.05, 3.63) is 16.5 Å². The summed E-state index contributed by atoms with van der Waals surface area (Å²) in [5.74, 6) is 0.854. The molecule has 1 N–H and O–H groups in total.